The standard InChI is InChI=1S/C13H22N4O3.HI/c1-3-15-13(16-7-8-19-4-2)17-9-10-5-6-11(20-10)12(14)18;/h5-6H,3-4,7-9H2,1-2H3,(H2,14,18)(H2,15,16,17);1H. The van der Waals surface area contributed by atoms with Crippen LogP contribution >= 0.6 is 24.0 Å². The van der Waals surface area contributed by atoms with Crippen LogP contribution in [-0.2, 0) is 11.3 Å². The summed E-state index contributed by atoms with van der Waals surface area (Å²) in [5, 5.41) is 6.25. The molecule has 0 aliphatic carbocycles. The summed E-state index contributed by atoms with van der Waals surface area (Å²) in [7, 11) is 0. The van der Waals surface area contributed by atoms with Crippen molar-refractivity contribution >= 4 is 35.8 Å². The number of guanidine groups is 1. The molecule has 0 atom stereocenters. The number of ether oxygens (including phenoxy) is 1. The number of aliphatic imine (C=N–C) groups is 1. The number of nitrogens with two attached hydrogens (primary N) is 1. The first-order valence-electron chi connectivity index (χ1n) is 6.65. The summed E-state index contributed by atoms with van der Waals surface area (Å²) in [4.78, 5) is 15.3. The van der Waals surface area contributed by atoms with E-state index in [1.165, 1.54) is 0 Å². The SMILES string of the molecule is CCNC(=NCc1ccc(C(N)=O)o1)NCCOCC.I. The molecule has 0 saturated heterocycles. The predicted molar refractivity (Wildman–Crippen MR) is 92.0 cm³/mol. The highest BCUT2D eigenvalue weighted by Gasteiger charge is 2.06. The van der Waals surface area contributed by atoms with Crippen molar-refractivity contribution in [3.63, 3.8) is 0 Å². The van der Waals surface area contributed by atoms with Crippen LogP contribution in [0.25, 0.3) is 0 Å². The molecule has 120 valence electrons. The van der Waals surface area contributed by atoms with Crippen LogP contribution in [0, 0.1) is 0 Å². The summed E-state index contributed by atoms with van der Waals surface area (Å²) < 4.78 is 10.5. The summed E-state index contributed by atoms with van der Waals surface area (Å²) >= 11 is 0. The largest absolute Gasteiger partial charge is 0.454 e. The number of nitrogens with zero attached hydrogens (tertiary/aromatic N) is 1. The number of amides is 1. The number of nitrogens with one attached hydrogen (secondary N) is 2. The molecule has 1 heterocycles. The molecule has 0 unspecified atom stereocenters. The summed E-state index contributed by atoms with van der Waals surface area (Å²) in [5.41, 5.74) is 5.12. The average molecular weight is 410 g/mol. The lowest BCUT2D eigenvalue weighted by Gasteiger charge is -2.10. The van der Waals surface area contributed by atoms with Gasteiger partial charge in [0.25, 0.3) is 5.91 Å². The van der Waals surface area contributed by atoms with Crippen molar-refractivity contribution in [3.8, 4) is 0 Å². The van der Waals surface area contributed by atoms with Gasteiger partial charge in [-0.2, -0.15) is 0 Å². The molecule has 0 spiro atoms. The molecule has 0 radical (unpaired) electrons. The molecule has 7 nitrogen and oxygen atoms in total. The third-order valence-corrected chi connectivity index (χ3v) is 2.38. The van der Waals surface area contributed by atoms with Gasteiger partial charge in [-0.3, -0.25) is 4.79 Å². The molecule has 0 saturated carbocycles. The number of carbonyl (C=O) groups excluding carboxylic acids is 1. The van der Waals surface area contributed by atoms with E-state index >= 15 is 0 Å². The maximum Gasteiger partial charge on any atom is 0.284 e. The lowest BCUT2D eigenvalue weighted by Crippen LogP contribution is -2.38. The molecule has 4 N–H and O–H groups in total. The van der Waals surface area contributed by atoms with Gasteiger partial charge in [-0.15, -0.1) is 24.0 Å². The highest BCUT2D eigenvalue weighted by Crippen LogP contribution is 2.08. The number of hydrogen-bond donors (Lipinski definition) is 3. The van der Waals surface area contributed by atoms with Gasteiger partial charge in [0, 0.05) is 19.7 Å². The highest BCUT2D eigenvalue weighted by molar-refractivity contribution is 14.0. The maximum atomic E-state index is 10.9. The zero-order chi connectivity index (χ0) is 14.8. The fraction of sp³-hybridized carbons (Fsp3) is 0.538. The van der Waals surface area contributed by atoms with E-state index in [2.05, 4.69) is 15.6 Å². The van der Waals surface area contributed by atoms with Gasteiger partial charge < -0.3 is 25.5 Å². The van der Waals surface area contributed by atoms with Gasteiger partial charge in [0.1, 0.15) is 12.3 Å². The second kappa shape index (κ2) is 11.4. The van der Waals surface area contributed by atoms with Crippen molar-refractivity contribution in [2.24, 2.45) is 10.7 Å². The first-order chi connectivity index (χ1) is 9.67. The van der Waals surface area contributed by atoms with Crippen LogP contribution in [-0.4, -0.2) is 38.2 Å². The Morgan fingerprint density at radius 3 is 2.71 bits per heavy atom. The molecule has 1 aromatic heterocycles. The van der Waals surface area contributed by atoms with Crippen LogP contribution in [0.2, 0.25) is 0 Å². The van der Waals surface area contributed by atoms with Crippen molar-refractivity contribution in [2.75, 3.05) is 26.3 Å². The van der Waals surface area contributed by atoms with Gasteiger partial charge in [0.15, 0.2) is 11.7 Å². The highest BCUT2D eigenvalue weighted by atomic mass is 127. The number of hydrogen-bond acceptors (Lipinski definition) is 4. The Labute approximate surface area is 141 Å². The van der Waals surface area contributed by atoms with E-state index < -0.39 is 5.91 Å². The lowest BCUT2D eigenvalue weighted by molar-refractivity contribution is 0.0972. The van der Waals surface area contributed by atoms with Crippen molar-refractivity contribution in [1.82, 2.24) is 10.6 Å². The predicted octanol–water partition coefficient (Wildman–Crippen LogP) is 1.09. The molecule has 21 heavy (non-hydrogen) atoms. The zero-order valence-electron chi connectivity index (χ0n) is 12.3. The summed E-state index contributed by atoms with van der Waals surface area (Å²) in [6.07, 6.45) is 0. The van der Waals surface area contributed by atoms with Gasteiger partial charge in [-0.05, 0) is 26.0 Å². The van der Waals surface area contributed by atoms with Crippen molar-refractivity contribution < 1.29 is 13.9 Å². The Morgan fingerprint density at radius 1 is 1.38 bits per heavy atom. The monoisotopic (exact) mass is 410 g/mol. The fourth-order valence-corrected chi connectivity index (χ4v) is 1.48. The summed E-state index contributed by atoms with van der Waals surface area (Å²) in [6, 6.07) is 3.23. The van der Waals surface area contributed by atoms with Crippen molar-refractivity contribution in [1.29, 1.82) is 0 Å². The van der Waals surface area contributed by atoms with Crippen LogP contribution in [0.5, 0.6) is 0 Å². The van der Waals surface area contributed by atoms with Gasteiger partial charge in [-0.25, -0.2) is 4.99 Å². The first kappa shape index (κ1) is 19.7. The maximum absolute atomic E-state index is 10.9. The van der Waals surface area contributed by atoms with Gasteiger partial charge >= 0.3 is 0 Å². The zero-order valence-corrected chi connectivity index (χ0v) is 14.7. The Balaban J connectivity index is 0.00000400. The molecular formula is C13H23IN4O3. The quantitative estimate of drug-likeness (QED) is 0.258. The van der Waals surface area contributed by atoms with Gasteiger partial charge in [-0.1, -0.05) is 0 Å². The van der Waals surface area contributed by atoms with E-state index in [0.717, 1.165) is 6.54 Å². The van der Waals surface area contributed by atoms with Crippen LogP contribution in [0.3, 0.4) is 0 Å². The normalized spacial score (nSPS) is 10.9. The third-order valence-electron chi connectivity index (χ3n) is 2.38. The Kier molecular flexibility index (Phi) is 10.7. The van der Waals surface area contributed by atoms with E-state index in [-0.39, 0.29) is 29.7 Å². The van der Waals surface area contributed by atoms with Crippen LogP contribution in [0.4, 0.5) is 0 Å². The molecule has 0 bridgehead atoms. The number of rotatable bonds is 8. The Morgan fingerprint density at radius 2 is 2.14 bits per heavy atom. The van der Waals surface area contributed by atoms with Crippen LogP contribution < -0.4 is 16.4 Å². The molecule has 1 aromatic rings. The van der Waals surface area contributed by atoms with Crippen molar-refractivity contribution in [3.05, 3.63) is 23.7 Å². The molecule has 1 amide bonds. The lowest BCUT2D eigenvalue weighted by atomic mass is 10.4. The minimum Gasteiger partial charge on any atom is -0.454 e. The molecule has 1 rings (SSSR count). The van der Waals surface area contributed by atoms with E-state index in [9.17, 15) is 4.79 Å². The third kappa shape index (κ3) is 7.90. The number of primary amides is 1. The second-order valence-corrected chi connectivity index (χ2v) is 3.95. The molecular weight excluding hydrogens is 387 g/mol. The van der Waals surface area contributed by atoms with Gasteiger partial charge in [0.2, 0.25) is 0 Å². The van der Waals surface area contributed by atoms with Gasteiger partial charge in [0.05, 0.1) is 6.61 Å². The van der Waals surface area contributed by atoms with E-state index in [1.807, 2.05) is 13.8 Å². The van der Waals surface area contributed by atoms with Crippen LogP contribution in [0.1, 0.15) is 30.2 Å². The molecule has 0 aliphatic rings. The molecule has 0 aliphatic heterocycles. The number of furan rings is 1. The van der Waals surface area contributed by atoms with E-state index in [4.69, 9.17) is 14.9 Å². The van der Waals surface area contributed by atoms with E-state index in [1.54, 1.807) is 12.1 Å². The number of halogens is 1. The minimum absolute atomic E-state index is 0. The number of carbonyl (C=O) groups is 1. The average Bonchev–Trinajstić information content (AvgIpc) is 2.90. The Hall–Kier alpha value is -1.29. The smallest absolute Gasteiger partial charge is 0.284 e. The molecule has 0 aromatic carbocycles. The first-order valence-corrected chi connectivity index (χ1v) is 6.65. The van der Waals surface area contributed by atoms with Crippen molar-refractivity contribution in [2.45, 2.75) is 20.4 Å². The van der Waals surface area contributed by atoms with Crippen LogP contribution in [0.15, 0.2) is 21.5 Å². The minimum atomic E-state index is -0.582. The molecule has 8 heteroatoms. The molecule has 0 fully saturated rings. The topological polar surface area (TPSA) is 102 Å². The summed E-state index contributed by atoms with van der Waals surface area (Å²) in [6.45, 7) is 7.00. The fourth-order valence-electron chi connectivity index (χ4n) is 1.48. The second-order valence-electron chi connectivity index (χ2n) is 3.95. The summed E-state index contributed by atoms with van der Waals surface area (Å²) in [5.74, 6) is 0.816. The Bertz CT molecular complexity index is 448. The van der Waals surface area contributed by atoms with E-state index in [0.29, 0.717) is 38.0 Å².